The number of aliphatic hydroxyl groups is 7. The van der Waals surface area contributed by atoms with Crippen LogP contribution in [-0.2, 0) is 96.0 Å². The molecule has 0 aromatic rings. The Kier molecular flexibility index (Phi) is 30.0. The fourth-order valence-corrected chi connectivity index (χ4v) is 15.4. The summed E-state index contributed by atoms with van der Waals surface area (Å²) in [5.74, 6) is -4.37. The largest absolute Gasteiger partial charge is 0.465 e. The Hall–Kier alpha value is -3.57. The van der Waals surface area contributed by atoms with E-state index >= 15 is 0 Å². The molecule has 0 aromatic carbocycles. The zero-order valence-electron chi connectivity index (χ0n) is 57.1. The van der Waals surface area contributed by atoms with Crippen molar-refractivity contribution in [3.63, 3.8) is 0 Å². The van der Waals surface area contributed by atoms with Crippen LogP contribution < -0.4 is 0 Å². The predicted molar refractivity (Wildman–Crippen MR) is 350 cm³/mol. The van der Waals surface area contributed by atoms with Gasteiger partial charge in [-0.1, -0.05) is 75.5 Å². The lowest BCUT2D eigenvalue weighted by Crippen LogP contribution is -2.60. The third kappa shape index (κ3) is 25.1. The highest BCUT2D eigenvalue weighted by atomic mass is 32.3. The molecular formula is C66H104O30S3. The van der Waals surface area contributed by atoms with Gasteiger partial charge in [0.1, 0.15) is 43.2 Å². The second-order valence-corrected chi connectivity index (χ2v) is 31.1. The molecule has 3 spiro atoms. The third-order valence-electron chi connectivity index (χ3n) is 19.3. The number of carbonyl (C=O) groups is 2. The molecule has 7 rings (SSSR count). The molecule has 0 amide bonds. The molecule has 0 aliphatic carbocycles. The average molecular weight is 1470 g/mol. The molecule has 6 fully saturated rings. The van der Waals surface area contributed by atoms with Crippen LogP contribution in [-0.4, -0.2) is 228 Å². The van der Waals surface area contributed by atoms with E-state index in [4.69, 9.17) is 51.7 Å². The summed E-state index contributed by atoms with van der Waals surface area (Å²) in [6.07, 6.45) is 4.04. The van der Waals surface area contributed by atoms with Crippen LogP contribution in [0.15, 0.2) is 71.9 Å². The number of ether oxygens (including phenoxy) is 9. The molecule has 0 radical (unpaired) electrons. The highest BCUT2D eigenvalue weighted by molar-refractivity contribution is 7.81. The van der Waals surface area contributed by atoms with Gasteiger partial charge in [-0.25, -0.2) is 17.3 Å². The topological polar surface area (TPSA) is 450 Å². The lowest BCUT2D eigenvalue weighted by Gasteiger charge is -2.50. The molecule has 566 valence electrons. The lowest BCUT2D eigenvalue weighted by molar-refractivity contribution is -0.321. The van der Waals surface area contributed by atoms with Crippen molar-refractivity contribution in [2.24, 2.45) is 17.8 Å². The maximum Gasteiger partial charge on any atom is 0.397 e. The Morgan fingerprint density at radius 3 is 2.22 bits per heavy atom. The van der Waals surface area contributed by atoms with E-state index in [1.54, 1.807) is 31.2 Å². The Balaban J connectivity index is 0.788. The van der Waals surface area contributed by atoms with E-state index in [2.05, 4.69) is 33.0 Å². The van der Waals surface area contributed by atoms with Crippen LogP contribution in [0.1, 0.15) is 170 Å². The first-order valence-corrected chi connectivity index (χ1v) is 38.1. The maximum absolute atomic E-state index is 13.3. The smallest absolute Gasteiger partial charge is 0.397 e. The average Bonchev–Trinajstić information content (AvgIpc) is 1.73. The van der Waals surface area contributed by atoms with Crippen molar-refractivity contribution in [3.05, 3.63) is 71.9 Å². The van der Waals surface area contributed by atoms with Crippen molar-refractivity contribution in [1.82, 2.24) is 0 Å². The van der Waals surface area contributed by atoms with E-state index in [1.807, 2.05) is 26.0 Å². The van der Waals surface area contributed by atoms with Gasteiger partial charge in [-0.05, 0) is 127 Å². The minimum absolute atomic E-state index is 0.00671. The number of aliphatic hydroxyl groups excluding tert-OH is 6. The van der Waals surface area contributed by atoms with E-state index in [0.29, 0.717) is 75.0 Å². The zero-order chi connectivity index (χ0) is 72.9. The number of hydrogen-bond acceptors (Lipinski definition) is 27. The Bertz CT molecular complexity index is 3180. The van der Waals surface area contributed by atoms with Crippen LogP contribution in [0.4, 0.5) is 0 Å². The van der Waals surface area contributed by atoms with E-state index in [1.165, 1.54) is 19.1 Å². The number of hydrogen-bond donors (Lipinski definition) is 10. The van der Waals surface area contributed by atoms with Crippen molar-refractivity contribution in [3.8, 4) is 0 Å². The molecule has 10 N–H and O–H groups in total. The fraction of sp³-hybridized carbons (Fsp3) is 0.788. The first-order chi connectivity index (χ1) is 46.3. The summed E-state index contributed by atoms with van der Waals surface area (Å²) in [4.78, 5) is 25.7. The van der Waals surface area contributed by atoms with Crippen molar-refractivity contribution in [2.45, 2.75) is 284 Å². The molecule has 8 unspecified atom stereocenters. The minimum Gasteiger partial charge on any atom is -0.465 e. The minimum atomic E-state index is -5.46. The highest BCUT2D eigenvalue weighted by Crippen LogP contribution is 2.48. The van der Waals surface area contributed by atoms with Crippen molar-refractivity contribution < 1.29 is 139 Å². The van der Waals surface area contributed by atoms with Crippen LogP contribution >= 0.6 is 0 Å². The maximum atomic E-state index is 13.3. The SMILES string of the molecule is C=C1[C@@H](O)C2O[C@@]3(CCC2O[C@@H]1[C@@H](O)C[C@H](C)C1O[C@@]2(CCCCO2)CC[C@H]1C)CC[C@H](/C=C/[C@@H](C)[C@@H]1CC(C)=C[C@@]2(O[C@H](C[C@@](C)(O)C(=O)OC/C(C)=C/C=C/CCOC(=O)C/C=C\CCC(O)CC(CC(O)C(OS(=O)(=O)O)C(O)COS(=O)(=O)O)OS(=O)(=O)O)CC[C@H]2O)O1)O3. The summed E-state index contributed by atoms with van der Waals surface area (Å²) in [5.41, 5.74) is -0.0379. The quantitative estimate of drug-likeness (QED) is 0.0135. The van der Waals surface area contributed by atoms with E-state index in [0.717, 1.165) is 37.7 Å². The van der Waals surface area contributed by atoms with Crippen LogP contribution in [0.25, 0.3) is 0 Å². The summed E-state index contributed by atoms with van der Waals surface area (Å²) in [5, 5.41) is 77.5. The van der Waals surface area contributed by atoms with Gasteiger partial charge in [0.25, 0.3) is 0 Å². The number of allylic oxidation sites excluding steroid dienone is 3. The molecule has 0 aromatic heterocycles. The predicted octanol–water partition coefficient (Wildman–Crippen LogP) is 4.89. The molecule has 0 saturated carbocycles. The van der Waals surface area contributed by atoms with Gasteiger partial charge in [0.15, 0.2) is 17.2 Å². The van der Waals surface area contributed by atoms with Gasteiger partial charge in [0, 0.05) is 50.9 Å². The Morgan fingerprint density at radius 1 is 0.808 bits per heavy atom. The summed E-state index contributed by atoms with van der Waals surface area (Å²) in [6.45, 7) is 14.6. The molecule has 0 bridgehead atoms. The Labute approximate surface area is 580 Å². The van der Waals surface area contributed by atoms with Gasteiger partial charge >= 0.3 is 43.1 Å². The van der Waals surface area contributed by atoms with Crippen molar-refractivity contribution in [2.75, 3.05) is 26.4 Å². The molecule has 7 heterocycles. The van der Waals surface area contributed by atoms with Crippen molar-refractivity contribution in [1.29, 1.82) is 0 Å². The molecule has 30 nitrogen and oxygen atoms in total. The molecule has 99 heavy (non-hydrogen) atoms. The second kappa shape index (κ2) is 35.9. The van der Waals surface area contributed by atoms with Crippen LogP contribution in [0.3, 0.4) is 0 Å². The third-order valence-corrected chi connectivity index (χ3v) is 20.7. The van der Waals surface area contributed by atoms with Crippen molar-refractivity contribution >= 4 is 43.1 Å². The molecule has 33 heteroatoms. The molecular weight excluding hydrogens is 1370 g/mol. The van der Waals surface area contributed by atoms with Gasteiger partial charge in [-0.2, -0.15) is 25.3 Å². The number of rotatable bonds is 34. The van der Waals surface area contributed by atoms with Crippen LogP contribution in [0.5, 0.6) is 0 Å². The van der Waals surface area contributed by atoms with E-state index < -0.39 is 165 Å². The van der Waals surface area contributed by atoms with E-state index in [9.17, 15) is 75.1 Å². The summed E-state index contributed by atoms with van der Waals surface area (Å²) in [7, 11) is -15.9. The number of carbonyl (C=O) groups excluding carboxylic acids is 2. The summed E-state index contributed by atoms with van der Waals surface area (Å²) >= 11 is 0. The molecule has 22 atom stereocenters. The van der Waals surface area contributed by atoms with Gasteiger partial charge in [0.05, 0.1) is 81.2 Å². The molecule has 7 aliphatic rings. The number of esters is 2. The summed E-state index contributed by atoms with van der Waals surface area (Å²) < 4.78 is 164. The first-order valence-electron chi connectivity index (χ1n) is 34.0. The lowest BCUT2D eigenvalue weighted by atomic mass is 9.79. The van der Waals surface area contributed by atoms with E-state index in [-0.39, 0.29) is 69.4 Å². The van der Waals surface area contributed by atoms with Crippen LogP contribution in [0.2, 0.25) is 0 Å². The summed E-state index contributed by atoms with van der Waals surface area (Å²) in [6, 6.07) is 0. The monoisotopic (exact) mass is 1470 g/mol. The standard InChI is InChI=1S/C66H104O30S3/c1-40(16-10-9-14-30-85-56(72)18-12-8-11-17-46(67)34-49(95-98(79,80)81)35-51(69)60(96-99(82,83)84)52(70)39-88-97(76,77)78)38-86-62(74)63(7,75)37-48-21-22-55(71)66(91-48)36-41(2)32-54(92-66)42(3)19-20-47-24-28-65(90-47)29-25-53-61(94-65)57(73)45(6)59(89-53)50(68)33-44(5)58-43(4)23-27-64(93-58)26-13-15-31-87-64/h8-10,12,16,19-20,36,42-44,46-55,57-61,67-71,73,75H,6,11,13-15,17-18,21-35,37-39H2,1-5,7H3,(H,76,77,78)(H,79,80,81)(H,82,83,84)/b10-9+,12-8-,20-19+,40-16+/t42-,43-,44+,46?,47+,48+,49?,50+,51?,52?,53?,54+,55-,57-,58?,59+,60?,61?,63-,64+,65-,66-/m1/s1. The van der Waals surface area contributed by atoms with Gasteiger partial charge in [-0.3, -0.25) is 18.5 Å². The van der Waals surface area contributed by atoms with Gasteiger partial charge in [0.2, 0.25) is 5.79 Å². The highest BCUT2D eigenvalue weighted by Gasteiger charge is 2.55. The van der Waals surface area contributed by atoms with Gasteiger partial charge < -0.3 is 78.4 Å². The Morgan fingerprint density at radius 2 is 1.53 bits per heavy atom. The zero-order valence-corrected chi connectivity index (χ0v) is 59.5. The molecule has 7 aliphatic heterocycles. The normalized spacial score (nSPS) is 33.6. The fourth-order valence-electron chi connectivity index (χ4n) is 14.1. The number of fused-ring (bicyclic) bond motifs is 1. The first kappa shape index (κ1) is 82.7. The van der Waals surface area contributed by atoms with Gasteiger partial charge in [-0.15, -0.1) is 0 Å². The molecule has 6 saturated heterocycles. The second-order valence-electron chi connectivity index (χ2n) is 28.0. The van der Waals surface area contributed by atoms with Crippen LogP contribution in [0, 0.1) is 17.8 Å².